The van der Waals surface area contributed by atoms with Crippen molar-refractivity contribution in [3.8, 4) is 0 Å². The molecule has 0 spiro atoms. The molecule has 1 aliphatic rings. The number of urea groups is 1. The third kappa shape index (κ3) is 3.75. The standard InChI is InChI=1S/C15H22N2O3S/c1-11(17(2)15(18)16-13-5-4-6-13)12-7-9-14(10-8-12)21(3,19)20/h7-11,13H,4-6H2,1-3H3,(H,16,18). The third-order valence-electron chi connectivity index (χ3n) is 4.12. The SMILES string of the molecule is CC(c1ccc(S(C)(=O)=O)cc1)N(C)C(=O)NC1CCC1. The Morgan fingerprint density at radius 1 is 1.29 bits per heavy atom. The first-order chi connectivity index (χ1) is 9.79. The van der Waals surface area contributed by atoms with Gasteiger partial charge in [0, 0.05) is 19.3 Å². The fourth-order valence-corrected chi connectivity index (χ4v) is 2.85. The van der Waals surface area contributed by atoms with E-state index in [1.54, 1.807) is 36.2 Å². The minimum absolute atomic E-state index is 0.0839. The van der Waals surface area contributed by atoms with Crippen molar-refractivity contribution in [2.75, 3.05) is 13.3 Å². The molecule has 0 heterocycles. The lowest BCUT2D eigenvalue weighted by Gasteiger charge is -2.31. The van der Waals surface area contributed by atoms with E-state index in [-0.39, 0.29) is 12.1 Å². The summed E-state index contributed by atoms with van der Waals surface area (Å²) >= 11 is 0. The third-order valence-corrected chi connectivity index (χ3v) is 5.25. The van der Waals surface area contributed by atoms with Crippen LogP contribution in [0.1, 0.15) is 37.8 Å². The summed E-state index contributed by atoms with van der Waals surface area (Å²) in [5.41, 5.74) is 0.911. The van der Waals surface area contributed by atoms with E-state index in [1.807, 2.05) is 6.92 Å². The molecule has 0 radical (unpaired) electrons. The van der Waals surface area contributed by atoms with E-state index in [4.69, 9.17) is 0 Å². The molecule has 2 amide bonds. The maximum atomic E-state index is 12.1. The zero-order chi connectivity index (χ0) is 15.6. The van der Waals surface area contributed by atoms with Gasteiger partial charge in [-0.05, 0) is 43.9 Å². The first-order valence-electron chi connectivity index (χ1n) is 7.12. The predicted molar refractivity (Wildman–Crippen MR) is 81.9 cm³/mol. The smallest absolute Gasteiger partial charge is 0.317 e. The molecule has 0 bridgehead atoms. The molecule has 1 aliphatic carbocycles. The Labute approximate surface area is 126 Å². The highest BCUT2D eigenvalue weighted by Gasteiger charge is 2.23. The van der Waals surface area contributed by atoms with E-state index in [9.17, 15) is 13.2 Å². The van der Waals surface area contributed by atoms with Gasteiger partial charge in [-0.1, -0.05) is 12.1 Å². The second-order valence-corrected chi connectivity index (χ2v) is 7.72. The molecule has 1 fully saturated rings. The van der Waals surface area contributed by atoms with Gasteiger partial charge in [0.15, 0.2) is 9.84 Å². The zero-order valence-corrected chi connectivity index (χ0v) is 13.5. The van der Waals surface area contributed by atoms with Gasteiger partial charge in [0.25, 0.3) is 0 Å². The molecule has 0 aliphatic heterocycles. The Bertz CT molecular complexity index is 606. The fourth-order valence-electron chi connectivity index (χ4n) is 2.22. The Balaban J connectivity index is 2.04. The molecule has 1 N–H and O–H groups in total. The highest BCUT2D eigenvalue weighted by Crippen LogP contribution is 2.22. The van der Waals surface area contributed by atoms with Crippen LogP contribution >= 0.6 is 0 Å². The van der Waals surface area contributed by atoms with Crippen molar-refractivity contribution in [3.05, 3.63) is 29.8 Å². The average molecular weight is 310 g/mol. The zero-order valence-electron chi connectivity index (χ0n) is 12.7. The largest absolute Gasteiger partial charge is 0.335 e. The molecular formula is C15H22N2O3S. The summed E-state index contributed by atoms with van der Waals surface area (Å²) in [6.07, 6.45) is 4.47. The van der Waals surface area contributed by atoms with Crippen LogP contribution in [0, 0.1) is 0 Å². The maximum Gasteiger partial charge on any atom is 0.317 e. The molecule has 5 nitrogen and oxygen atoms in total. The van der Waals surface area contributed by atoms with Gasteiger partial charge < -0.3 is 10.2 Å². The first kappa shape index (κ1) is 15.8. The highest BCUT2D eigenvalue weighted by atomic mass is 32.2. The maximum absolute atomic E-state index is 12.1. The van der Waals surface area contributed by atoms with Gasteiger partial charge in [-0.25, -0.2) is 13.2 Å². The number of sulfone groups is 1. The van der Waals surface area contributed by atoms with Crippen LogP contribution in [0.2, 0.25) is 0 Å². The molecule has 1 aromatic rings. The molecule has 116 valence electrons. The summed E-state index contributed by atoms with van der Waals surface area (Å²) < 4.78 is 22.9. The van der Waals surface area contributed by atoms with Crippen molar-refractivity contribution in [3.63, 3.8) is 0 Å². The van der Waals surface area contributed by atoms with Gasteiger partial charge in [0.05, 0.1) is 10.9 Å². The van der Waals surface area contributed by atoms with Crippen molar-refractivity contribution >= 4 is 15.9 Å². The Morgan fingerprint density at radius 2 is 1.86 bits per heavy atom. The monoisotopic (exact) mass is 310 g/mol. The number of carbonyl (C=O) groups excluding carboxylic acids is 1. The van der Waals surface area contributed by atoms with Crippen LogP contribution in [0.3, 0.4) is 0 Å². The average Bonchev–Trinajstić information content (AvgIpc) is 2.40. The molecule has 1 aromatic carbocycles. The number of carbonyl (C=O) groups is 1. The minimum Gasteiger partial charge on any atom is -0.335 e. The van der Waals surface area contributed by atoms with E-state index in [0.29, 0.717) is 10.9 Å². The summed E-state index contributed by atoms with van der Waals surface area (Å²) in [4.78, 5) is 14.0. The van der Waals surface area contributed by atoms with E-state index in [2.05, 4.69) is 5.32 Å². The molecular weight excluding hydrogens is 288 g/mol. The Kier molecular flexibility index (Phi) is 4.56. The van der Waals surface area contributed by atoms with Crippen molar-refractivity contribution in [1.29, 1.82) is 0 Å². The summed E-state index contributed by atoms with van der Waals surface area (Å²) in [6.45, 7) is 1.93. The summed E-state index contributed by atoms with van der Waals surface area (Å²) in [5, 5.41) is 2.99. The van der Waals surface area contributed by atoms with Gasteiger partial charge in [-0.3, -0.25) is 0 Å². The summed E-state index contributed by atoms with van der Waals surface area (Å²) in [7, 11) is -1.43. The summed E-state index contributed by atoms with van der Waals surface area (Å²) in [5.74, 6) is 0. The van der Waals surface area contributed by atoms with Crippen LogP contribution in [0.5, 0.6) is 0 Å². The number of hydrogen-bond acceptors (Lipinski definition) is 3. The minimum atomic E-state index is -3.19. The number of nitrogens with one attached hydrogen (secondary N) is 1. The van der Waals surface area contributed by atoms with Crippen LogP contribution in [0.4, 0.5) is 4.79 Å². The number of hydrogen-bond donors (Lipinski definition) is 1. The molecule has 0 saturated heterocycles. The van der Waals surface area contributed by atoms with Crippen LogP contribution in [-0.2, 0) is 9.84 Å². The van der Waals surface area contributed by atoms with Crippen LogP contribution < -0.4 is 5.32 Å². The molecule has 1 atom stereocenters. The van der Waals surface area contributed by atoms with Crippen molar-refractivity contribution < 1.29 is 13.2 Å². The van der Waals surface area contributed by atoms with Gasteiger partial charge in [-0.15, -0.1) is 0 Å². The van der Waals surface area contributed by atoms with Gasteiger partial charge >= 0.3 is 6.03 Å². The van der Waals surface area contributed by atoms with Crippen molar-refractivity contribution in [2.24, 2.45) is 0 Å². The molecule has 2 rings (SSSR count). The second kappa shape index (κ2) is 6.05. The van der Waals surface area contributed by atoms with Gasteiger partial charge in [0.2, 0.25) is 0 Å². The highest BCUT2D eigenvalue weighted by molar-refractivity contribution is 7.90. The molecule has 0 aromatic heterocycles. The normalized spacial score (nSPS) is 16.9. The van der Waals surface area contributed by atoms with E-state index in [0.717, 1.165) is 18.4 Å². The van der Waals surface area contributed by atoms with Crippen molar-refractivity contribution in [1.82, 2.24) is 10.2 Å². The Morgan fingerprint density at radius 3 is 2.29 bits per heavy atom. The van der Waals surface area contributed by atoms with E-state index in [1.165, 1.54) is 12.7 Å². The first-order valence-corrected chi connectivity index (χ1v) is 9.01. The topological polar surface area (TPSA) is 66.5 Å². The lowest BCUT2D eigenvalue weighted by atomic mass is 9.93. The summed E-state index contributed by atoms with van der Waals surface area (Å²) in [6, 6.07) is 6.79. The molecule has 21 heavy (non-hydrogen) atoms. The number of benzene rings is 1. The second-order valence-electron chi connectivity index (χ2n) is 5.71. The number of amides is 2. The lowest BCUT2D eigenvalue weighted by molar-refractivity contribution is 0.183. The van der Waals surface area contributed by atoms with Gasteiger partial charge in [-0.2, -0.15) is 0 Å². The van der Waals surface area contributed by atoms with Gasteiger partial charge in [0.1, 0.15) is 0 Å². The van der Waals surface area contributed by atoms with E-state index < -0.39 is 9.84 Å². The van der Waals surface area contributed by atoms with E-state index >= 15 is 0 Å². The fraction of sp³-hybridized carbons (Fsp3) is 0.533. The molecule has 6 heteroatoms. The number of rotatable bonds is 4. The number of nitrogens with zero attached hydrogens (tertiary/aromatic N) is 1. The quantitative estimate of drug-likeness (QED) is 0.928. The van der Waals surface area contributed by atoms with Crippen molar-refractivity contribution in [2.45, 2.75) is 43.2 Å². The molecule has 1 unspecified atom stereocenters. The Hall–Kier alpha value is -1.56. The van der Waals surface area contributed by atoms with Crippen LogP contribution in [0.25, 0.3) is 0 Å². The lowest BCUT2D eigenvalue weighted by Crippen LogP contribution is -2.46. The van der Waals surface area contributed by atoms with Crippen LogP contribution in [0.15, 0.2) is 29.2 Å². The predicted octanol–water partition coefficient (Wildman–Crippen LogP) is 2.35. The van der Waals surface area contributed by atoms with Crippen LogP contribution in [-0.4, -0.2) is 38.7 Å². The molecule has 1 saturated carbocycles.